The summed E-state index contributed by atoms with van der Waals surface area (Å²) in [4.78, 5) is 1.06. The van der Waals surface area contributed by atoms with E-state index in [0.29, 0.717) is 0 Å². The summed E-state index contributed by atoms with van der Waals surface area (Å²) in [6.45, 7) is 1.71. The van der Waals surface area contributed by atoms with Crippen molar-refractivity contribution in [3.8, 4) is 0 Å². The van der Waals surface area contributed by atoms with Gasteiger partial charge in [0.05, 0.1) is 13.2 Å². The van der Waals surface area contributed by atoms with Crippen LogP contribution < -0.4 is 0 Å². The summed E-state index contributed by atoms with van der Waals surface area (Å²) in [5.41, 5.74) is -1.85. The van der Waals surface area contributed by atoms with Crippen molar-refractivity contribution < 1.29 is 29.8 Å². The molecular formula is C6H12N2O6S2. The van der Waals surface area contributed by atoms with Crippen LogP contribution in [0.3, 0.4) is 0 Å². The average molecular weight is 272 g/mol. The SMILES string of the molecule is CCN1C=C[N+](C)(S(=O)(=O)[O-])C1S(=O)(=O)O. The fourth-order valence-corrected chi connectivity index (χ4v) is 3.89. The van der Waals surface area contributed by atoms with Crippen LogP contribution in [0.15, 0.2) is 12.4 Å². The Morgan fingerprint density at radius 2 is 1.94 bits per heavy atom. The van der Waals surface area contributed by atoms with Crippen LogP contribution in [0.4, 0.5) is 0 Å². The first-order valence-electron chi connectivity index (χ1n) is 4.27. The van der Waals surface area contributed by atoms with Gasteiger partial charge >= 0.3 is 15.6 Å². The lowest BCUT2D eigenvalue weighted by Gasteiger charge is -2.35. The van der Waals surface area contributed by atoms with Crippen molar-refractivity contribution in [2.45, 2.75) is 12.4 Å². The third-order valence-corrected chi connectivity index (χ3v) is 5.05. The second-order valence-electron chi connectivity index (χ2n) is 3.46. The van der Waals surface area contributed by atoms with E-state index >= 15 is 0 Å². The second-order valence-corrected chi connectivity index (χ2v) is 6.55. The van der Waals surface area contributed by atoms with Gasteiger partial charge in [-0.25, -0.2) is 0 Å². The van der Waals surface area contributed by atoms with Crippen molar-refractivity contribution >= 4 is 20.4 Å². The van der Waals surface area contributed by atoms with Gasteiger partial charge < -0.3 is 9.45 Å². The highest BCUT2D eigenvalue weighted by atomic mass is 32.2. The van der Waals surface area contributed by atoms with Crippen molar-refractivity contribution in [3.63, 3.8) is 0 Å². The summed E-state index contributed by atoms with van der Waals surface area (Å²) in [6.07, 6.45) is 2.08. The average Bonchev–Trinajstić information content (AvgIpc) is 2.41. The standard InChI is InChI=1S/C6H12N2O6S2/c1-3-7-4-5-8(2,16(12,13)14)6(7)15(9,10)11/h4-6H,3H2,1-2H3,(H-,9,10,11,12,13,14). The molecule has 1 N–H and O–H groups in total. The number of quaternary nitrogens is 1. The van der Waals surface area contributed by atoms with Crippen molar-refractivity contribution in [3.05, 3.63) is 12.4 Å². The fraction of sp³-hybridized carbons (Fsp3) is 0.667. The van der Waals surface area contributed by atoms with Crippen LogP contribution in [0.25, 0.3) is 0 Å². The van der Waals surface area contributed by atoms with E-state index in [9.17, 15) is 21.4 Å². The quantitative estimate of drug-likeness (QED) is 0.510. The highest BCUT2D eigenvalue weighted by Gasteiger charge is 2.52. The number of hydrogen-bond acceptors (Lipinski definition) is 6. The van der Waals surface area contributed by atoms with Crippen molar-refractivity contribution in [1.29, 1.82) is 0 Å². The minimum atomic E-state index is -4.96. The summed E-state index contributed by atoms with van der Waals surface area (Å²) in [7, 11) is -8.75. The van der Waals surface area contributed by atoms with E-state index in [1.165, 1.54) is 0 Å². The molecule has 0 aliphatic carbocycles. The van der Waals surface area contributed by atoms with Gasteiger partial charge in [-0.15, -0.1) is 0 Å². The van der Waals surface area contributed by atoms with Crippen molar-refractivity contribution in [2.75, 3.05) is 13.6 Å². The number of nitrogens with zero attached hydrogens (tertiary/aromatic N) is 2. The Kier molecular flexibility index (Phi) is 3.07. The lowest BCUT2D eigenvalue weighted by atomic mass is 10.6. The van der Waals surface area contributed by atoms with Gasteiger partial charge in [0.15, 0.2) is 0 Å². The molecule has 1 rings (SSSR count). The summed E-state index contributed by atoms with van der Waals surface area (Å²) in [6, 6.07) is 0. The highest BCUT2D eigenvalue weighted by molar-refractivity contribution is 7.87. The molecule has 0 fully saturated rings. The Balaban J connectivity index is 3.40. The first-order chi connectivity index (χ1) is 7.04. The monoisotopic (exact) mass is 272 g/mol. The molecule has 0 radical (unpaired) electrons. The molecule has 0 saturated heterocycles. The summed E-state index contributed by atoms with van der Waals surface area (Å²) >= 11 is 0. The van der Waals surface area contributed by atoms with E-state index in [4.69, 9.17) is 4.55 Å². The predicted octanol–water partition coefficient (Wildman–Crippen LogP) is -1.13. The lowest BCUT2D eigenvalue weighted by molar-refractivity contribution is -0.751. The minimum Gasteiger partial charge on any atom is -0.701 e. The van der Waals surface area contributed by atoms with E-state index in [-0.39, 0.29) is 6.54 Å². The molecule has 1 heterocycles. The molecule has 2 atom stereocenters. The zero-order valence-electron chi connectivity index (χ0n) is 8.64. The van der Waals surface area contributed by atoms with Gasteiger partial charge in [0.25, 0.3) is 10.3 Å². The molecule has 1 aliphatic heterocycles. The third-order valence-electron chi connectivity index (χ3n) is 2.39. The van der Waals surface area contributed by atoms with Crippen LogP contribution in [0.5, 0.6) is 0 Å². The first-order valence-corrected chi connectivity index (χ1v) is 7.14. The van der Waals surface area contributed by atoms with E-state index in [2.05, 4.69) is 0 Å². The molecule has 8 nitrogen and oxygen atoms in total. The summed E-state index contributed by atoms with van der Waals surface area (Å²) < 4.78 is 62.9. The molecule has 2 unspecified atom stereocenters. The Morgan fingerprint density at radius 3 is 2.25 bits per heavy atom. The van der Waals surface area contributed by atoms with Crippen LogP contribution in [-0.4, -0.2) is 53.8 Å². The van der Waals surface area contributed by atoms with E-state index < -0.39 is 29.8 Å². The Bertz CT molecular complexity index is 509. The molecule has 0 aromatic carbocycles. The maximum Gasteiger partial charge on any atom is 0.342 e. The largest absolute Gasteiger partial charge is 0.701 e. The maximum absolute atomic E-state index is 11.1. The normalized spacial score (nSPS) is 31.0. The molecule has 10 heteroatoms. The molecule has 0 spiro atoms. The van der Waals surface area contributed by atoms with Crippen LogP contribution in [0.2, 0.25) is 0 Å². The molecule has 0 bridgehead atoms. The molecule has 0 saturated carbocycles. The number of hydrogen-bond donors (Lipinski definition) is 1. The summed E-state index contributed by atoms with van der Waals surface area (Å²) in [5, 5.41) is 0. The zero-order chi connectivity index (χ0) is 12.8. The fourth-order valence-electron chi connectivity index (χ4n) is 1.54. The van der Waals surface area contributed by atoms with Gasteiger partial charge in [-0.2, -0.15) is 20.7 Å². The van der Waals surface area contributed by atoms with Gasteiger partial charge in [0.1, 0.15) is 6.20 Å². The van der Waals surface area contributed by atoms with Crippen LogP contribution in [-0.2, 0) is 20.4 Å². The summed E-state index contributed by atoms with van der Waals surface area (Å²) in [5.74, 6) is 0. The highest BCUT2D eigenvalue weighted by Crippen LogP contribution is 2.30. The van der Waals surface area contributed by atoms with Crippen LogP contribution >= 0.6 is 0 Å². The smallest absolute Gasteiger partial charge is 0.342 e. The maximum atomic E-state index is 11.1. The lowest BCUT2D eigenvalue weighted by Crippen LogP contribution is -2.57. The molecule has 0 aromatic heterocycles. The Hall–Kier alpha value is -0.680. The number of rotatable bonds is 3. The van der Waals surface area contributed by atoms with E-state index in [1.54, 1.807) is 6.92 Å². The topological polar surface area (TPSA) is 115 Å². The zero-order valence-corrected chi connectivity index (χ0v) is 10.3. The third kappa shape index (κ3) is 1.94. The Morgan fingerprint density at radius 1 is 1.44 bits per heavy atom. The van der Waals surface area contributed by atoms with Gasteiger partial charge in [-0.05, 0) is 6.92 Å². The molecule has 1 aliphatic rings. The predicted molar refractivity (Wildman–Crippen MR) is 52.7 cm³/mol. The molecule has 94 valence electrons. The van der Waals surface area contributed by atoms with Gasteiger partial charge in [-0.1, -0.05) is 0 Å². The van der Waals surface area contributed by atoms with E-state index in [0.717, 1.165) is 24.3 Å². The van der Waals surface area contributed by atoms with Crippen molar-refractivity contribution in [2.24, 2.45) is 0 Å². The Labute approximate surface area is 94.0 Å². The van der Waals surface area contributed by atoms with Crippen LogP contribution in [0.1, 0.15) is 6.92 Å². The van der Waals surface area contributed by atoms with Crippen LogP contribution in [0, 0.1) is 0 Å². The second kappa shape index (κ2) is 3.67. The van der Waals surface area contributed by atoms with Gasteiger partial charge in [0.2, 0.25) is 0 Å². The minimum absolute atomic E-state index is 0.143. The molecule has 0 aromatic rings. The molecular weight excluding hydrogens is 260 g/mol. The molecule has 0 amide bonds. The van der Waals surface area contributed by atoms with Crippen molar-refractivity contribution in [1.82, 2.24) is 4.90 Å². The molecule has 16 heavy (non-hydrogen) atoms. The van der Waals surface area contributed by atoms with Gasteiger partial charge in [-0.3, -0.25) is 4.55 Å². The van der Waals surface area contributed by atoms with E-state index in [1.807, 2.05) is 0 Å². The van der Waals surface area contributed by atoms with Gasteiger partial charge in [0, 0.05) is 6.54 Å². The first kappa shape index (κ1) is 13.4.